The first-order valence-electron chi connectivity index (χ1n) is 14.5. The van der Waals surface area contributed by atoms with E-state index in [-0.39, 0.29) is 23.1 Å². The number of aromatic nitrogens is 2. The molecular weight excluding hydrogens is 558 g/mol. The first-order chi connectivity index (χ1) is 20.1. The molecule has 220 valence electrons. The van der Waals surface area contributed by atoms with E-state index < -0.39 is 11.8 Å². The highest BCUT2D eigenvalue weighted by Crippen LogP contribution is 2.45. The Bertz CT molecular complexity index is 1710. The third kappa shape index (κ3) is 4.69. The minimum absolute atomic E-state index is 0.0714. The molecule has 4 aromatic rings. The monoisotopic (exact) mass is 592 g/mol. The average molecular weight is 593 g/mol. The van der Waals surface area contributed by atoms with Crippen LogP contribution >= 0.6 is 11.3 Å². The summed E-state index contributed by atoms with van der Waals surface area (Å²) in [6.45, 7) is 8.42. The van der Waals surface area contributed by atoms with Crippen LogP contribution in [0, 0.1) is 5.82 Å². The molecule has 3 atom stereocenters. The van der Waals surface area contributed by atoms with Crippen LogP contribution in [0.25, 0.3) is 37.5 Å². The van der Waals surface area contributed by atoms with Crippen LogP contribution in [-0.2, 0) is 0 Å². The summed E-state index contributed by atoms with van der Waals surface area (Å²) in [6.07, 6.45) is 4.50. The maximum absolute atomic E-state index is 14.9. The molecule has 3 saturated heterocycles. The van der Waals surface area contributed by atoms with E-state index in [4.69, 9.17) is 14.7 Å². The Morgan fingerprint density at radius 2 is 2.02 bits per heavy atom. The summed E-state index contributed by atoms with van der Waals surface area (Å²) in [5, 5.41) is 22.8. The number of piperidine rings is 1. The number of thiophene rings is 1. The molecule has 3 fully saturated rings. The van der Waals surface area contributed by atoms with E-state index >= 15 is 0 Å². The number of aromatic hydroxyl groups is 1. The highest BCUT2D eigenvalue weighted by Gasteiger charge is 2.49. The van der Waals surface area contributed by atoms with Gasteiger partial charge >= 0.3 is 6.01 Å². The number of phenolic OH excluding ortho intramolecular Hbond substituents is 1. The smallest absolute Gasteiger partial charge is 0.319 e. The molecule has 0 aliphatic carbocycles. The van der Waals surface area contributed by atoms with Gasteiger partial charge in [-0.2, -0.15) is 9.97 Å². The van der Waals surface area contributed by atoms with Crippen molar-refractivity contribution in [1.82, 2.24) is 14.9 Å². The number of halogens is 2. The van der Waals surface area contributed by atoms with Gasteiger partial charge in [0.25, 0.3) is 0 Å². The molecule has 0 saturated carbocycles. The summed E-state index contributed by atoms with van der Waals surface area (Å²) >= 11 is 1.46. The molecule has 10 heteroatoms. The lowest BCUT2D eigenvalue weighted by Crippen LogP contribution is -2.46. The summed E-state index contributed by atoms with van der Waals surface area (Å²) < 4.78 is 36.3. The van der Waals surface area contributed by atoms with Crippen molar-refractivity contribution in [2.75, 3.05) is 37.7 Å². The zero-order valence-electron chi connectivity index (χ0n) is 23.6. The summed E-state index contributed by atoms with van der Waals surface area (Å²) in [5.41, 5.74) is 0.492. The van der Waals surface area contributed by atoms with E-state index in [0.717, 1.165) is 41.9 Å². The highest BCUT2D eigenvalue weighted by molar-refractivity contribution is 7.22. The van der Waals surface area contributed by atoms with Crippen molar-refractivity contribution >= 4 is 44.2 Å². The molecule has 2 aromatic carbocycles. The number of hydrogen-bond acceptors (Lipinski definition) is 8. The van der Waals surface area contributed by atoms with Gasteiger partial charge in [-0.3, -0.25) is 4.90 Å². The average Bonchev–Trinajstić information content (AvgIpc) is 3.62. The molecule has 2 N–H and O–H groups in total. The van der Waals surface area contributed by atoms with Gasteiger partial charge in [0.2, 0.25) is 0 Å². The van der Waals surface area contributed by atoms with Crippen LogP contribution < -0.4 is 9.64 Å². The SMILES string of the molecule is C=Cc1c(F)ccc2cc(O)cc(-c3cc4nc(OC[C@@]56CCCN5C[C@H](F)C6)nc(N5CCC[C@@](C)(O)C5)c4s3)c12. The topological polar surface area (TPSA) is 82.0 Å². The molecule has 0 bridgehead atoms. The molecule has 0 radical (unpaired) electrons. The number of benzene rings is 2. The number of alkyl halides is 1. The Morgan fingerprint density at radius 3 is 2.83 bits per heavy atom. The largest absolute Gasteiger partial charge is 0.508 e. The van der Waals surface area contributed by atoms with Crippen LogP contribution in [0.4, 0.5) is 14.6 Å². The zero-order chi connectivity index (χ0) is 29.2. The number of hydrogen-bond donors (Lipinski definition) is 2. The van der Waals surface area contributed by atoms with Gasteiger partial charge in [-0.1, -0.05) is 18.7 Å². The Labute approximate surface area is 247 Å². The van der Waals surface area contributed by atoms with Crippen molar-refractivity contribution in [3.63, 3.8) is 0 Å². The van der Waals surface area contributed by atoms with Crippen LogP contribution in [0.15, 0.2) is 36.9 Å². The van der Waals surface area contributed by atoms with E-state index in [9.17, 15) is 19.0 Å². The number of nitrogens with zero attached hydrogens (tertiary/aromatic N) is 4. The van der Waals surface area contributed by atoms with Crippen LogP contribution in [0.3, 0.4) is 0 Å². The van der Waals surface area contributed by atoms with Gasteiger partial charge in [-0.05, 0) is 68.8 Å². The summed E-state index contributed by atoms with van der Waals surface area (Å²) in [7, 11) is 0. The van der Waals surface area contributed by atoms with Crippen molar-refractivity contribution < 1.29 is 23.7 Å². The Kier molecular flexibility index (Phi) is 6.64. The van der Waals surface area contributed by atoms with E-state index in [1.165, 1.54) is 23.5 Å². The van der Waals surface area contributed by atoms with Crippen molar-refractivity contribution in [1.29, 1.82) is 0 Å². The molecule has 0 unspecified atom stereocenters. The summed E-state index contributed by atoms with van der Waals surface area (Å²) in [6, 6.07) is 8.41. The van der Waals surface area contributed by atoms with Gasteiger partial charge in [0.1, 0.15) is 24.3 Å². The predicted octanol–water partition coefficient (Wildman–Crippen LogP) is 6.31. The lowest BCUT2D eigenvalue weighted by atomic mass is 9.95. The second kappa shape index (κ2) is 10.1. The third-order valence-corrected chi connectivity index (χ3v) is 10.3. The van der Waals surface area contributed by atoms with Crippen LogP contribution in [0.1, 0.15) is 44.6 Å². The molecule has 3 aliphatic rings. The molecular formula is C32H34F2N4O3S. The molecule has 42 heavy (non-hydrogen) atoms. The quantitative estimate of drug-likeness (QED) is 0.272. The van der Waals surface area contributed by atoms with Gasteiger partial charge in [0.05, 0.1) is 21.4 Å². The van der Waals surface area contributed by atoms with Gasteiger partial charge in [-0.15, -0.1) is 11.3 Å². The van der Waals surface area contributed by atoms with Crippen LogP contribution in [0.2, 0.25) is 0 Å². The number of β-amino-alcohol motifs (C(OH)–C–C–N with tert-alkyl or cyclic N) is 1. The highest BCUT2D eigenvalue weighted by atomic mass is 32.1. The van der Waals surface area contributed by atoms with Crippen molar-refractivity contribution in [2.24, 2.45) is 0 Å². The lowest BCUT2D eigenvalue weighted by Gasteiger charge is -2.37. The minimum Gasteiger partial charge on any atom is -0.508 e. The van der Waals surface area contributed by atoms with Crippen molar-refractivity contribution in [3.05, 3.63) is 48.3 Å². The Hall–Kier alpha value is -3.34. The third-order valence-electron chi connectivity index (χ3n) is 9.10. The number of anilines is 1. The molecule has 3 aliphatic heterocycles. The number of aliphatic hydroxyl groups is 1. The minimum atomic E-state index is -0.863. The zero-order valence-corrected chi connectivity index (χ0v) is 24.4. The fraction of sp³-hybridized carbons (Fsp3) is 0.438. The molecule has 2 aromatic heterocycles. The Morgan fingerprint density at radius 1 is 1.19 bits per heavy atom. The fourth-order valence-corrected chi connectivity index (χ4v) is 8.34. The van der Waals surface area contributed by atoms with E-state index in [1.807, 2.05) is 13.0 Å². The molecule has 5 heterocycles. The number of fused-ring (bicyclic) bond motifs is 3. The van der Waals surface area contributed by atoms with Gasteiger partial charge in [0.15, 0.2) is 5.82 Å². The fourth-order valence-electron chi connectivity index (χ4n) is 7.20. The number of phenols is 1. The van der Waals surface area contributed by atoms with Gasteiger partial charge in [-0.25, -0.2) is 8.78 Å². The van der Waals surface area contributed by atoms with Gasteiger partial charge in [0, 0.05) is 47.4 Å². The van der Waals surface area contributed by atoms with Crippen LogP contribution in [-0.4, -0.2) is 75.2 Å². The second-order valence-electron chi connectivity index (χ2n) is 12.3. The van der Waals surface area contributed by atoms with Crippen molar-refractivity contribution in [2.45, 2.75) is 56.3 Å². The second-order valence-corrected chi connectivity index (χ2v) is 13.3. The van der Waals surface area contributed by atoms with Crippen LogP contribution in [0.5, 0.6) is 11.8 Å². The maximum atomic E-state index is 14.9. The van der Waals surface area contributed by atoms with Gasteiger partial charge < -0.3 is 19.8 Å². The summed E-state index contributed by atoms with van der Waals surface area (Å²) in [4.78, 5) is 14.7. The van der Waals surface area contributed by atoms with E-state index in [1.54, 1.807) is 18.2 Å². The first-order valence-corrected chi connectivity index (χ1v) is 15.4. The molecule has 0 amide bonds. The maximum Gasteiger partial charge on any atom is 0.319 e. The first kappa shape index (κ1) is 27.5. The number of ether oxygens (including phenoxy) is 1. The summed E-state index contributed by atoms with van der Waals surface area (Å²) in [5.74, 6) is 0.350. The standard InChI is InChI=1S/C32H34F2N4O3S/c1-3-22-24(34)7-6-19-12-21(39)13-23(27(19)22)26-14-25-28(42-26)29(37-10-4-8-31(2,40)17-37)36-30(35-25)41-18-32-9-5-11-38(32)16-20(33)15-32/h3,6-7,12-14,20,39-40H,1,4-5,8-11,15-18H2,2H3/t20-,31-,32+/m1/s1. The van der Waals surface area contributed by atoms with Crippen molar-refractivity contribution in [3.8, 4) is 22.2 Å². The predicted molar refractivity (Wildman–Crippen MR) is 163 cm³/mol. The molecule has 7 nitrogen and oxygen atoms in total. The lowest BCUT2D eigenvalue weighted by molar-refractivity contribution is 0.0447. The molecule has 7 rings (SSSR count). The Balaban J connectivity index is 1.35. The van der Waals surface area contributed by atoms with E-state index in [2.05, 4.69) is 16.4 Å². The normalized spacial score (nSPS) is 26.3. The molecule has 0 spiro atoms. The van der Waals surface area contributed by atoms with E-state index in [0.29, 0.717) is 65.8 Å². The number of rotatable bonds is 6.